The largest absolute Gasteiger partial charge is 0.310 e. The lowest BCUT2D eigenvalue weighted by Gasteiger charge is -2.26. The van der Waals surface area contributed by atoms with Gasteiger partial charge in [-0.05, 0) is 117 Å². The topological polar surface area (TPSA) is 8.17 Å². The van der Waals surface area contributed by atoms with E-state index in [1.165, 1.54) is 91.5 Å². The number of rotatable bonds is 6. The minimum atomic E-state index is 1.11. The van der Waals surface area contributed by atoms with Crippen LogP contribution in [-0.4, -0.2) is 4.57 Å². The maximum absolute atomic E-state index is 2.43. The lowest BCUT2D eigenvalue weighted by Crippen LogP contribution is -2.09. The number of nitrogens with zero attached hydrogens (tertiary/aromatic N) is 2. The summed E-state index contributed by atoms with van der Waals surface area (Å²) in [6.45, 7) is 0. The Morgan fingerprint density at radius 2 is 0.847 bits per heavy atom. The zero-order valence-electron chi connectivity index (χ0n) is 32.1. The molecule has 0 radical (unpaired) electrons. The van der Waals surface area contributed by atoms with Gasteiger partial charge in [0.2, 0.25) is 0 Å². The summed E-state index contributed by atoms with van der Waals surface area (Å²) in [7, 11) is 0. The highest BCUT2D eigenvalue weighted by atomic mass is 32.1. The van der Waals surface area contributed by atoms with Gasteiger partial charge in [-0.15, -0.1) is 11.3 Å². The SMILES string of the molecule is c1ccc2cc(N(c3ccc(-c4ccc5sc6ccccc6c5c4)cc3)c3ccc(-c4ccc5c(c4)c4ccccc4n5-c4cccc5ccccc45)cc3)ccc2c1. The van der Waals surface area contributed by atoms with Gasteiger partial charge in [0.15, 0.2) is 0 Å². The molecule has 0 N–H and O–H groups in total. The summed E-state index contributed by atoms with van der Waals surface area (Å²) < 4.78 is 5.08. The van der Waals surface area contributed by atoms with Crippen LogP contribution in [0.25, 0.3) is 91.5 Å². The summed E-state index contributed by atoms with van der Waals surface area (Å²) in [5.74, 6) is 0. The molecule has 0 amide bonds. The molecule has 0 saturated carbocycles. The van der Waals surface area contributed by atoms with Crippen molar-refractivity contribution in [1.29, 1.82) is 0 Å². The van der Waals surface area contributed by atoms with E-state index in [4.69, 9.17) is 0 Å². The molecule has 12 rings (SSSR count). The molecule has 12 aromatic rings. The van der Waals surface area contributed by atoms with Crippen LogP contribution >= 0.6 is 11.3 Å². The third-order valence-corrected chi connectivity index (χ3v) is 13.1. The molecule has 59 heavy (non-hydrogen) atoms. The highest BCUT2D eigenvalue weighted by Crippen LogP contribution is 2.41. The van der Waals surface area contributed by atoms with Crippen molar-refractivity contribution in [1.82, 2.24) is 4.57 Å². The average Bonchev–Trinajstić information content (AvgIpc) is 3.84. The van der Waals surface area contributed by atoms with Gasteiger partial charge in [0.1, 0.15) is 0 Å². The Kier molecular flexibility index (Phi) is 7.75. The first kappa shape index (κ1) is 33.7. The maximum atomic E-state index is 2.43. The van der Waals surface area contributed by atoms with E-state index in [2.05, 4.69) is 228 Å². The number of para-hydroxylation sites is 1. The molecule has 2 nitrogen and oxygen atoms in total. The van der Waals surface area contributed by atoms with Crippen LogP contribution in [0, 0.1) is 0 Å². The summed E-state index contributed by atoms with van der Waals surface area (Å²) in [6.07, 6.45) is 0. The third kappa shape index (κ3) is 5.62. The fraction of sp³-hybridized carbons (Fsp3) is 0. The summed E-state index contributed by atoms with van der Waals surface area (Å²) in [5.41, 5.74) is 11.8. The van der Waals surface area contributed by atoms with E-state index in [0.29, 0.717) is 0 Å². The van der Waals surface area contributed by atoms with E-state index < -0.39 is 0 Å². The van der Waals surface area contributed by atoms with Crippen LogP contribution in [0.4, 0.5) is 17.1 Å². The zero-order valence-corrected chi connectivity index (χ0v) is 32.9. The zero-order chi connectivity index (χ0) is 38.9. The number of hydrogen-bond donors (Lipinski definition) is 0. The van der Waals surface area contributed by atoms with Crippen molar-refractivity contribution in [3.63, 3.8) is 0 Å². The summed E-state index contributed by atoms with van der Waals surface area (Å²) in [6, 6.07) is 80.0. The quantitative estimate of drug-likeness (QED) is 0.164. The van der Waals surface area contributed by atoms with Crippen molar-refractivity contribution in [3.05, 3.63) is 218 Å². The number of thiophene rings is 1. The van der Waals surface area contributed by atoms with Crippen molar-refractivity contribution in [3.8, 4) is 27.9 Å². The maximum Gasteiger partial charge on any atom is 0.0541 e. The lowest BCUT2D eigenvalue weighted by molar-refractivity contribution is 1.20. The number of benzene rings is 10. The minimum Gasteiger partial charge on any atom is -0.310 e. The average molecular weight is 769 g/mol. The molecule has 0 atom stereocenters. The van der Waals surface area contributed by atoms with E-state index in [-0.39, 0.29) is 0 Å². The number of anilines is 3. The van der Waals surface area contributed by atoms with E-state index in [9.17, 15) is 0 Å². The molecule has 0 aliphatic carbocycles. The number of aromatic nitrogens is 1. The predicted octanol–water partition coefficient (Wildman–Crippen LogP) is 16.3. The van der Waals surface area contributed by atoms with Gasteiger partial charge < -0.3 is 9.47 Å². The molecule has 2 aromatic heterocycles. The van der Waals surface area contributed by atoms with E-state index in [1.54, 1.807) is 0 Å². The van der Waals surface area contributed by atoms with Crippen LogP contribution in [0.3, 0.4) is 0 Å². The van der Waals surface area contributed by atoms with Crippen molar-refractivity contribution < 1.29 is 0 Å². The van der Waals surface area contributed by atoms with E-state index >= 15 is 0 Å². The van der Waals surface area contributed by atoms with Crippen LogP contribution < -0.4 is 4.90 Å². The molecule has 0 aliphatic heterocycles. The Bertz CT molecular complexity index is 3550. The monoisotopic (exact) mass is 768 g/mol. The third-order valence-electron chi connectivity index (χ3n) is 12.0. The Morgan fingerprint density at radius 3 is 1.63 bits per heavy atom. The summed E-state index contributed by atoms with van der Waals surface area (Å²) >= 11 is 1.86. The van der Waals surface area contributed by atoms with Gasteiger partial charge in [-0.2, -0.15) is 0 Å². The Hall–Kier alpha value is -7.46. The first-order chi connectivity index (χ1) is 29.2. The minimum absolute atomic E-state index is 1.11. The highest BCUT2D eigenvalue weighted by molar-refractivity contribution is 7.25. The fourth-order valence-corrected chi connectivity index (χ4v) is 10.2. The molecule has 0 aliphatic rings. The molecular weight excluding hydrogens is 733 g/mol. The first-order valence-electron chi connectivity index (χ1n) is 20.2. The standard InChI is InChI=1S/C56H36N2S/c1-2-12-41-34-46(31-24-37(41)10-1)57(45-29-22-39(23-30-45)43-26-33-56-51(36-43)49-16-6-8-19-55(49)59-56)44-27-20-38(21-28-44)42-25-32-54-50(35-42)48-15-5-7-17-53(48)58(54)52-18-9-13-40-11-3-4-14-47(40)52/h1-36H. The second-order valence-electron chi connectivity index (χ2n) is 15.4. The van der Waals surface area contributed by atoms with Crippen LogP contribution in [0.2, 0.25) is 0 Å². The Balaban J connectivity index is 0.936. The molecule has 0 unspecified atom stereocenters. The molecule has 0 bridgehead atoms. The van der Waals surface area contributed by atoms with Gasteiger partial charge >= 0.3 is 0 Å². The van der Waals surface area contributed by atoms with E-state index in [0.717, 1.165) is 17.1 Å². The molecule has 2 heterocycles. The molecule has 3 heteroatoms. The van der Waals surface area contributed by atoms with Gasteiger partial charge in [-0.1, -0.05) is 140 Å². The predicted molar refractivity (Wildman–Crippen MR) is 254 cm³/mol. The van der Waals surface area contributed by atoms with E-state index in [1.807, 2.05) is 11.3 Å². The second-order valence-corrected chi connectivity index (χ2v) is 16.4. The number of fused-ring (bicyclic) bond motifs is 8. The van der Waals surface area contributed by atoms with Crippen molar-refractivity contribution in [2.45, 2.75) is 0 Å². The lowest BCUT2D eigenvalue weighted by atomic mass is 10.0. The highest BCUT2D eigenvalue weighted by Gasteiger charge is 2.17. The smallest absolute Gasteiger partial charge is 0.0541 e. The Morgan fingerprint density at radius 1 is 0.305 bits per heavy atom. The second kappa shape index (κ2) is 13.6. The van der Waals surface area contributed by atoms with Crippen molar-refractivity contribution in [2.75, 3.05) is 4.90 Å². The summed E-state index contributed by atoms with van der Waals surface area (Å²) in [5, 5.41) is 10.1. The first-order valence-corrected chi connectivity index (χ1v) is 21.0. The summed E-state index contributed by atoms with van der Waals surface area (Å²) in [4.78, 5) is 2.37. The van der Waals surface area contributed by atoms with Crippen molar-refractivity contribution >= 4 is 91.9 Å². The number of hydrogen-bond acceptors (Lipinski definition) is 2. The van der Waals surface area contributed by atoms with Crippen LogP contribution in [0.5, 0.6) is 0 Å². The molecule has 0 fully saturated rings. The van der Waals surface area contributed by atoms with Crippen LogP contribution in [0.15, 0.2) is 218 Å². The molecule has 10 aromatic carbocycles. The molecule has 0 saturated heterocycles. The molecule has 0 spiro atoms. The van der Waals surface area contributed by atoms with Gasteiger partial charge in [0.25, 0.3) is 0 Å². The normalized spacial score (nSPS) is 11.7. The molecule has 276 valence electrons. The van der Waals surface area contributed by atoms with Gasteiger partial charge in [-0.3, -0.25) is 0 Å². The van der Waals surface area contributed by atoms with Gasteiger partial charge in [0.05, 0.1) is 16.7 Å². The Labute approximate surface area is 346 Å². The molecular formula is C56H36N2S. The van der Waals surface area contributed by atoms with Crippen LogP contribution in [-0.2, 0) is 0 Å². The van der Waals surface area contributed by atoms with Crippen molar-refractivity contribution in [2.24, 2.45) is 0 Å². The van der Waals surface area contributed by atoms with Gasteiger partial charge in [-0.25, -0.2) is 0 Å². The fourth-order valence-electron chi connectivity index (χ4n) is 9.09. The van der Waals surface area contributed by atoms with Crippen LogP contribution in [0.1, 0.15) is 0 Å². The van der Waals surface area contributed by atoms with Gasteiger partial charge in [0, 0.05) is 53.4 Å².